The van der Waals surface area contributed by atoms with Crippen LogP contribution in [0.1, 0.15) is 76.6 Å². The Bertz CT molecular complexity index is 2650. The summed E-state index contributed by atoms with van der Waals surface area (Å²) in [6.45, 7) is 14.5. The number of hydrogen-bond acceptors (Lipinski definition) is 3. The van der Waals surface area contributed by atoms with Crippen LogP contribution in [0.4, 0.5) is 28.4 Å². The third-order valence-electron chi connectivity index (χ3n) is 13.1. The molecule has 0 unspecified atom stereocenters. The van der Waals surface area contributed by atoms with Crippen LogP contribution in [-0.2, 0) is 16.2 Å². The Kier molecular flexibility index (Phi) is 5.53. The highest BCUT2D eigenvalue weighted by atomic mass is 16.3. The molecule has 4 heterocycles. The molecule has 7 aromatic rings. The molecule has 11 rings (SSSR count). The highest BCUT2D eigenvalue weighted by Crippen LogP contribution is 2.58. The van der Waals surface area contributed by atoms with Gasteiger partial charge in [0.25, 0.3) is 0 Å². The van der Waals surface area contributed by atoms with Crippen LogP contribution >= 0.6 is 0 Å². The molecule has 0 amide bonds. The molecule has 0 spiro atoms. The highest BCUT2D eigenvalue weighted by molar-refractivity contribution is 6.94. The number of benzene rings is 6. The van der Waals surface area contributed by atoms with Crippen LogP contribution in [0.15, 0.2) is 120 Å². The second-order valence-electron chi connectivity index (χ2n) is 17.2. The molecule has 0 fully saturated rings. The maximum absolute atomic E-state index is 6.85. The van der Waals surface area contributed by atoms with Crippen LogP contribution in [0.3, 0.4) is 0 Å². The summed E-state index contributed by atoms with van der Waals surface area (Å²) in [6.07, 6.45) is 2.35. The molecule has 0 saturated carbocycles. The van der Waals surface area contributed by atoms with Crippen LogP contribution in [0.25, 0.3) is 33.1 Å². The minimum atomic E-state index is -0.177. The minimum absolute atomic E-state index is 0.0343. The van der Waals surface area contributed by atoms with Gasteiger partial charge in [-0.2, -0.15) is 0 Å². The average molecular weight is 661 g/mol. The van der Waals surface area contributed by atoms with Gasteiger partial charge in [0.2, 0.25) is 0 Å². The predicted octanol–water partition coefficient (Wildman–Crippen LogP) is 11.3. The Morgan fingerprint density at radius 2 is 1.25 bits per heavy atom. The topological polar surface area (TPSA) is 19.6 Å². The number of rotatable bonds is 1. The molecule has 0 N–H and O–H groups in total. The van der Waals surface area contributed by atoms with E-state index < -0.39 is 0 Å². The molecule has 0 radical (unpaired) electrons. The normalized spacial score (nSPS) is 18.2. The first kappa shape index (κ1) is 29.5. The lowest BCUT2D eigenvalue weighted by atomic mass is 9.42. The van der Waals surface area contributed by atoms with Crippen molar-refractivity contribution in [3.63, 3.8) is 0 Å². The van der Waals surface area contributed by atoms with Gasteiger partial charge in [0.15, 0.2) is 0 Å². The van der Waals surface area contributed by atoms with Crippen LogP contribution in [0, 0.1) is 0 Å². The van der Waals surface area contributed by atoms with E-state index in [1.54, 1.807) is 0 Å². The molecule has 0 atom stereocenters. The number of furan rings is 1. The summed E-state index contributed by atoms with van der Waals surface area (Å²) in [4.78, 5) is 5.29. The molecule has 1 aliphatic carbocycles. The maximum atomic E-state index is 6.85. The molecule has 6 aromatic carbocycles. The Morgan fingerprint density at radius 1 is 0.569 bits per heavy atom. The van der Waals surface area contributed by atoms with E-state index in [2.05, 4.69) is 167 Å². The van der Waals surface area contributed by atoms with Gasteiger partial charge in [0.05, 0.1) is 16.8 Å². The molecule has 248 valence electrons. The fraction of sp³-hybridized carbons (Fsp3) is 0.234. The van der Waals surface area contributed by atoms with Crippen molar-refractivity contribution in [2.45, 2.75) is 70.6 Å². The van der Waals surface area contributed by atoms with Crippen molar-refractivity contribution in [1.29, 1.82) is 0 Å². The minimum Gasteiger partial charge on any atom is -0.456 e. The van der Waals surface area contributed by atoms with Crippen LogP contribution in [-0.4, -0.2) is 6.85 Å². The number of nitrogens with zero attached hydrogens (tertiary/aromatic N) is 2. The summed E-state index contributed by atoms with van der Waals surface area (Å²) in [5.41, 5.74) is 19.1. The molecule has 3 nitrogen and oxygen atoms in total. The Balaban J connectivity index is 1.37. The van der Waals surface area contributed by atoms with E-state index in [9.17, 15) is 0 Å². The molecule has 0 saturated heterocycles. The summed E-state index contributed by atoms with van der Waals surface area (Å²) in [7, 11) is 0. The van der Waals surface area contributed by atoms with E-state index in [0.29, 0.717) is 0 Å². The molecular formula is C47H41BN2O. The lowest BCUT2D eigenvalue weighted by molar-refractivity contribution is 0.332. The van der Waals surface area contributed by atoms with Gasteiger partial charge in [-0.1, -0.05) is 114 Å². The molecule has 4 heteroatoms. The number of fused-ring (bicyclic) bond motifs is 11. The van der Waals surface area contributed by atoms with Crippen molar-refractivity contribution in [1.82, 2.24) is 0 Å². The summed E-state index contributed by atoms with van der Waals surface area (Å²) in [5.74, 6) is 0. The van der Waals surface area contributed by atoms with Crippen molar-refractivity contribution in [2.24, 2.45) is 0 Å². The lowest BCUT2D eigenvalue weighted by Crippen LogP contribution is -2.62. The van der Waals surface area contributed by atoms with Crippen LogP contribution < -0.4 is 20.6 Å². The van der Waals surface area contributed by atoms with Crippen LogP contribution in [0.2, 0.25) is 0 Å². The fourth-order valence-corrected chi connectivity index (χ4v) is 10.3. The number of para-hydroxylation sites is 4. The van der Waals surface area contributed by atoms with Gasteiger partial charge in [-0.3, -0.25) is 0 Å². The highest BCUT2D eigenvalue weighted by Gasteiger charge is 2.51. The van der Waals surface area contributed by atoms with Crippen molar-refractivity contribution < 1.29 is 4.42 Å². The zero-order valence-electron chi connectivity index (χ0n) is 30.3. The van der Waals surface area contributed by atoms with Gasteiger partial charge in [-0.25, -0.2) is 0 Å². The molecule has 4 aliphatic rings. The number of anilines is 5. The van der Waals surface area contributed by atoms with Crippen molar-refractivity contribution in [3.05, 3.63) is 138 Å². The predicted molar refractivity (Wildman–Crippen MR) is 215 cm³/mol. The monoisotopic (exact) mass is 660 g/mol. The van der Waals surface area contributed by atoms with Crippen LogP contribution in [0.5, 0.6) is 0 Å². The SMILES string of the molecule is CC1(C)CCC(C)(C)c2cc3c(cc21)-c1cc2oc4ccccc4c2c2c1B(c1cccc4c1N2c1ccccc1C4(C)C)N3c1ccccc1. The molecule has 3 aliphatic heterocycles. The van der Waals surface area contributed by atoms with E-state index in [1.807, 2.05) is 0 Å². The van der Waals surface area contributed by atoms with Crippen molar-refractivity contribution in [2.75, 3.05) is 9.71 Å². The van der Waals surface area contributed by atoms with E-state index in [1.165, 1.54) is 91.0 Å². The Hall–Kier alpha value is -5.22. The zero-order valence-corrected chi connectivity index (χ0v) is 30.3. The van der Waals surface area contributed by atoms with Gasteiger partial charge in [-0.05, 0) is 105 Å². The fourth-order valence-electron chi connectivity index (χ4n) is 10.3. The third-order valence-corrected chi connectivity index (χ3v) is 13.1. The van der Waals surface area contributed by atoms with Crippen molar-refractivity contribution in [3.8, 4) is 11.1 Å². The van der Waals surface area contributed by atoms with Gasteiger partial charge in [0.1, 0.15) is 11.2 Å². The Labute approximate surface area is 300 Å². The largest absolute Gasteiger partial charge is 0.456 e. The quantitative estimate of drug-likeness (QED) is 0.163. The number of hydrogen-bond donors (Lipinski definition) is 0. The second kappa shape index (κ2) is 9.56. The van der Waals surface area contributed by atoms with Gasteiger partial charge < -0.3 is 14.1 Å². The third kappa shape index (κ3) is 3.65. The average Bonchev–Trinajstić information content (AvgIpc) is 3.51. The summed E-state index contributed by atoms with van der Waals surface area (Å²) >= 11 is 0. The van der Waals surface area contributed by atoms with Crippen molar-refractivity contribution >= 4 is 68.1 Å². The lowest BCUT2D eigenvalue weighted by Gasteiger charge is -2.51. The van der Waals surface area contributed by atoms with Gasteiger partial charge in [0, 0.05) is 33.4 Å². The van der Waals surface area contributed by atoms with E-state index in [4.69, 9.17) is 4.42 Å². The van der Waals surface area contributed by atoms with E-state index >= 15 is 0 Å². The second-order valence-corrected chi connectivity index (χ2v) is 17.2. The van der Waals surface area contributed by atoms with Gasteiger partial charge in [-0.15, -0.1) is 0 Å². The van der Waals surface area contributed by atoms with E-state index in [0.717, 1.165) is 16.6 Å². The first-order valence-electron chi connectivity index (χ1n) is 18.6. The standard InChI is InChI=1S/C47H41BN2O/c1-45(2)23-24-46(3,4)35-27-38-30(25-34(35)45)31-26-40-41(29-17-10-13-22-39(29)51-40)44-42(31)48(50(38)28-15-8-7-9-16-28)36-20-14-19-33-43(36)49(44)37-21-12-11-18-32(37)47(33,5)6/h7-22,25-27H,23-24H2,1-6H3. The zero-order chi connectivity index (χ0) is 34.6. The maximum Gasteiger partial charge on any atom is 0.333 e. The first-order chi connectivity index (χ1) is 24.6. The van der Waals surface area contributed by atoms with E-state index in [-0.39, 0.29) is 23.1 Å². The summed E-state index contributed by atoms with van der Waals surface area (Å²) < 4.78 is 6.85. The molecule has 0 bridgehead atoms. The summed E-state index contributed by atoms with van der Waals surface area (Å²) in [6, 6.07) is 43.4. The molecule has 51 heavy (non-hydrogen) atoms. The summed E-state index contributed by atoms with van der Waals surface area (Å²) in [5, 5.41) is 2.36. The van der Waals surface area contributed by atoms with Gasteiger partial charge >= 0.3 is 6.85 Å². The molecule has 1 aromatic heterocycles. The Morgan fingerprint density at radius 3 is 2.06 bits per heavy atom. The first-order valence-corrected chi connectivity index (χ1v) is 18.6. The smallest absolute Gasteiger partial charge is 0.333 e. The molecular weight excluding hydrogens is 619 g/mol.